The minimum atomic E-state index is 0.854. The standard InChI is InChI=1S/C15H22BrNO/c1-2-8-17-11-13-10-14(16)5-6-15(13)18-9-7-12-3-4-12/h5-6,10,12,17H,2-4,7-9,11H2,1H3. The molecule has 0 radical (unpaired) electrons. The molecule has 0 unspecified atom stereocenters. The lowest BCUT2D eigenvalue weighted by atomic mass is 10.2. The van der Waals surface area contributed by atoms with Crippen molar-refractivity contribution in [2.45, 2.75) is 39.2 Å². The van der Waals surface area contributed by atoms with Gasteiger partial charge in [-0.2, -0.15) is 0 Å². The van der Waals surface area contributed by atoms with Crippen molar-refractivity contribution < 1.29 is 4.74 Å². The summed E-state index contributed by atoms with van der Waals surface area (Å²) in [4.78, 5) is 0. The second-order valence-corrected chi connectivity index (χ2v) is 5.93. The largest absolute Gasteiger partial charge is 0.493 e. The maximum atomic E-state index is 5.91. The average molecular weight is 312 g/mol. The molecule has 1 fully saturated rings. The Kier molecular flexibility index (Phi) is 5.51. The van der Waals surface area contributed by atoms with E-state index in [9.17, 15) is 0 Å². The van der Waals surface area contributed by atoms with Gasteiger partial charge in [0.1, 0.15) is 5.75 Å². The molecule has 100 valence electrons. The molecular formula is C15H22BrNO. The number of rotatable bonds is 8. The molecule has 2 rings (SSSR count). The van der Waals surface area contributed by atoms with E-state index < -0.39 is 0 Å². The summed E-state index contributed by atoms with van der Waals surface area (Å²) in [5.74, 6) is 1.96. The first-order valence-electron chi connectivity index (χ1n) is 6.91. The zero-order valence-corrected chi connectivity index (χ0v) is 12.6. The molecule has 1 aromatic rings. The van der Waals surface area contributed by atoms with Gasteiger partial charge in [0.05, 0.1) is 6.61 Å². The summed E-state index contributed by atoms with van der Waals surface area (Å²) in [5.41, 5.74) is 1.24. The molecule has 2 nitrogen and oxygen atoms in total. The van der Waals surface area contributed by atoms with E-state index >= 15 is 0 Å². The molecule has 1 aromatic carbocycles. The first kappa shape index (κ1) is 13.9. The van der Waals surface area contributed by atoms with Gasteiger partial charge in [-0.1, -0.05) is 35.7 Å². The highest BCUT2D eigenvalue weighted by molar-refractivity contribution is 9.10. The first-order chi connectivity index (χ1) is 8.79. The molecule has 0 bridgehead atoms. The third-order valence-corrected chi connectivity index (χ3v) is 3.74. The normalized spacial score (nSPS) is 14.8. The van der Waals surface area contributed by atoms with Gasteiger partial charge < -0.3 is 10.1 Å². The minimum absolute atomic E-state index is 0.854. The molecule has 0 spiro atoms. The highest BCUT2D eigenvalue weighted by Crippen LogP contribution is 2.32. The van der Waals surface area contributed by atoms with Crippen LogP contribution in [0.4, 0.5) is 0 Å². The van der Waals surface area contributed by atoms with Gasteiger partial charge in [-0.05, 0) is 43.5 Å². The molecule has 0 amide bonds. The summed E-state index contributed by atoms with van der Waals surface area (Å²) >= 11 is 3.52. The van der Waals surface area contributed by atoms with Crippen LogP contribution in [-0.2, 0) is 6.54 Å². The molecular weight excluding hydrogens is 290 g/mol. The van der Waals surface area contributed by atoms with E-state index in [-0.39, 0.29) is 0 Å². The lowest BCUT2D eigenvalue weighted by Crippen LogP contribution is -2.15. The van der Waals surface area contributed by atoms with Crippen molar-refractivity contribution in [2.24, 2.45) is 5.92 Å². The molecule has 0 aromatic heterocycles. The zero-order valence-electron chi connectivity index (χ0n) is 11.0. The molecule has 18 heavy (non-hydrogen) atoms. The summed E-state index contributed by atoms with van der Waals surface area (Å²) in [6.07, 6.45) is 5.16. The fourth-order valence-corrected chi connectivity index (χ4v) is 2.38. The first-order valence-corrected chi connectivity index (χ1v) is 7.71. The van der Waals surface area contributed by atoms with Crippen LogP contribution in [0.5, 0.6) is 5.75 Å². The average Bonchev–Trinajstić information content (AvgIpc) is 3.16. The molecule has 1 aliphatic rings. The topological polar surface area (TPSA) is 21.3 Å². The number of ether oxygens (including phenoxy) is 1. The second kappa shape index (κ2) is 7.15. The molecule has 1 saturated carbocycles. The molecule has 0 heterocycles. The summed E-state index contributed by atoms with van der Waals surface area (Å²) in [6, 6.07) is 6.27. The molecule has 1 aliphatic carbocycles. The van der Waals surface area contributed by atoms with Gasteiger partial charge in [0, 0.05) is 16.6 Å². The van der Waals surface area contributed by atoms with E-state index in [1.54, 1.807) is 0 Å². The van der Waals surface area contributed by atoms with Crippen molar-refractivity contribution in [3.05, 3.63) is 28.2 Å². The van der Waals surface area contributed by atoms with Gasteiger partial charge in [-0.25, -0.2) is 0 Å². The highest BCUT2D eigenvalue weighted by Gasteiger charge is 2.20. The Morgan fingerprint density at radius 2 is 2.22 bits per heavy atom. The van der Waals surface area contributed by atoms with Gasteiger partial charge in [-0.3, -0.25) is 0 Å². The Hall–Kier alpha value is -0.540. The number of hydrogen-bond acceptors (Lipinski definition) is 2. The van der Waals surface area contributed by atoms with E-state index in [4.69, 9.17) is 4.74 Å². The van der Waals surface area contributed by atoms with Crippen LogP contribution in [0.15, 0.2) is 22.7 Å². The van der Waals surface area contributed by atoms with E-state index in [0.29, 0.717) is 0 Å². The minimum Gasteiger partial charge on any atom is -0.493 e. The number of benzene rings is 1. The fourth-order valence-electron chi connectivity index (χ4n) is 1.97. The van der Waals surface area contributed by atoms with Crippen molar-refractivity contribution in [1.29, 1.82) is 0 Å². The maximum Gasteiger partial charge on any atom is 0.123 e. The Morgan fingerprint density at radius 3 is 2.94 bits per heavy atom. The third kappa shape index (κ3) is 4.62. The zero-order chi connectivity index (χ0) is 12.8. The summed E-state index contributed by atoms with van der Waals surface area (Å²) < 4.78 is 7.03. The SMILES string of the molecule is CCCNCc1cc(Br)ccc1OCCC1CC1. The van der Waals surface area contributed by atoms with Crippen LogP contribution in [0.2, 0.25) is 0 Å². The number of hydrogen-bond donors (Lipinski definition) is 1. The van der Waals surface area contributed by atoms with Gasteiger partial charge in [0.15, 0.2) is 0 Å². The number of halogens is 1. The summed E-state index contributed by atoms with van der Waals surface area (Å²) in [6.45, 7) is 4.97. The van der Waals surface area contributed by atoms with Crippen molar-refractivity contribution in [3.63, 3.8) is 0 Å². The predicted octanol–water partition coefficient (Wildman–Crippen LogP) is 4.13. The van der Waals surface area contributed by atoms with Crippen molar-refractivity contribution in [2.75, 3.05) is 13.2 Å². The monoisotopic (exact) mass is 311 g/mol. The quantitative estimate of drug-likeness (QED) is 0.729. The van der Waals surface area contributed by atoms with Crippen molar-refractivity contribution >= 4 is 15.9 Å². The van der Waals surface area contributed by atoms with Crippen LogP contribution >= 0.6 is 15.9 Å². The third-order valence-electron chi connectivity index (χ3n) is 3.25. The molecule has 0 aliphatic heterocycles. The van der Waals surface area contributed by atoms with Crippen LogP contribution in [0, 0.1) is 5.92 Å². The number of nitrogens with one attached hydrogen (secondary N) is 1. The van der Waals surface area contributed by atoms with Crippen LogP contribution in [0.1, 0.15) is 38.2 Å². The van der Waals surface area contributed by atoms with Gasteiger partial charge in [0.2, 0.25) is 0 Å². The van der Waals surface area contributed by atoms with Crippen molar-refractivity contribution in [1.82, 2.24) is 5.32 Å². The van der Waals surface area contributed by atoms with Crippen LogP contribution < -0.4 is 10.1 Å². The predicted molar refractivity (Wildman–Crippen MR) is 79.0 cm³/mol. The van der Waals surface area contributed by atoms with Crippen LogP contribution in [-0.4, -0.2) is 13.2 Å². The maximum absolute atomic E-state index is 5.91. The Balaban J connectivity index is 1.88. The molecule has 3 heteroatoms. The Morgan fingerprint density at radius 1 is 1.39 bits per heavy atom. The van der Waals surface area contributed by atoms with Gasteiger partial charge in [-0.15, -0.1) is 0 Å². The van der Waals surface area contributed by atoms with E-state index in [1.165, 1.54) is 24.8 Å². The fraction of sp³-hybridized carbons (Fsp3) is 0.600. The van der Waals surface area contributed by atoms with E-state index in [2.05, 4.69) is 46.4 Å². The molecule has 1 N–H and O–H groups in total. The lowest BCUT2D eigenvalue weighted by molar-refractivity contribution is 0.298. The Bertz CT molecular complexity index is 377. The Labute approximate surface area is 118 Å². The van der Waals surface area contributed by atoms with Gasteiger partial charge >= 0.3 is 0 Å². The molecule has 0 saturated heterocycles. The smallest absolute Gasteiger partial charge is 0.123 e. The lowest BCUT2D eigenvalue weighted by Gasteiger charge is -2.12. The summed E-state index contributed by atoms with van der Waals surface area (Å²) in [5, 5.41) is 3.43. The highest BCUT2D eigenvalue weighted by atomic mass is 79.9. The van der Waals surface area contributed by atoms with Crippen LogP contribution in [0.25, 0.3) is 0 Å². The van der Waals surface area contributed by atoms with E-state index in [1.807, 2.05) is 0 Å². The summed E-state index contributed by atoms with van der Waals surface area (Å²) in [7, 11) is 0. The second-order valence-electron chi connectivity index (χ2n) is 5.01. The molecule has 0 atom stereocenters. The van der Waals surface area contributed by atoms with Gasteiger partial charge in [0.25, 0.3) is 0 Å². The van der Waals surface area contributed by atoms with Crippen molar-refractivity contribution in [3.8, 4) is 5.75 Å². The van der Waals surface area contributed by atoms with Crippen LogP contribution in [0.3, 0.4) is 0 Å². The van der Waals surface area contributed by atoms with E-state index in [0.717, 1.165) is 42.3 Å².